The van der Waals surface area contributed by atoms with Crippen LogP contribution in [0.5, 0.6) is 0 Å². The number of carbonyl (C=O) groups is 1. The van der Waals surface area contributed by atoms with Gasteiger partial charge in [0.15, 0.2) is 0 Å². The first-order valence-corrected chi connectivity index (χ1v) is 5.60. The topological polar surface area (TPSA) is 29.5 Å². The molecule has 0 amide bonds. The van der Waals surface area contributed by atoms with E-state index in [0.717, 1.165) is 6.54 Å². The molecule has 0 unspecified atom stereocenters. The lowest BCUT2D eigenvalue weighted by atomic mass is 9.96. The van der Waals surface area contributed by atoms with Crippen molar-refractivity contribution < 1.29 is 9.53 Å². The molecule has 1 saturated carbocycles. The predicted octanol–water partition coefficient (Wildman–Crippen LogP) is 1.95. The Balaban J connectivity index is 2.08. The molecule has 84 valence electrons. The lowest BCUT2D eigenvalue weighted by Gasteiger charge is -2.11. The molecule has 1 aromatic rings. The number of methoxy groups -OCH3 is 1. The van der Waals surface area contributed by atoms with E-state index in [2.05, 4.69) is 11.9 Å². The van der Waals surface area contributed by atoms with E-state index in [0.29, 0.717) is 11.0 Å². The summed E-state index contributed by atoms with van der Waals surface area (Å²) in [5.41, 5.74) is 3.61. The molecule has 0 saturated heterocycles. The molecule has 1 aliphatic carbocycles. The third kappa shape index (κ3) is 1.17. The van der Waals surface area contributed by atoms with Crippen LogP contribution in [0, 0.1) is 0 Å². The number of benzene rings is 1. The molecule has 0 atom stereocenters. The highest BCUT2D eigenvalue weighted by Crippen LogP contribution is 2.56. The van der Waals surface area contributed by atoms with Gasteiger partial charge in [0, 0.05) is 24.7 Å². The number of hydrogen-bond acceptors (Lipinski definition) is 3. The van der Waals surface area contributed by atoms with Crippen molar-refractivity contribution in [2.75, 3.05) is 25.6 Å². The van der Waals surface area contributed by atoms with Crippen molar-refractivity contribution in [2.45, 2.75) is 18.3 Å². The molecule has 1 aromatic carbocycles. The second kappa shape index (κ2) is 3.00. The van der Waals surface area contributed by atoms with E-state index >= 15 is 0 Å². The number of rotatable bonds is 1. The minimum Gasteiger partial charge on any atom is -0.465 e. The number of anilines is 1. The van der Waals surface area contributed by atoms with Gasteiger partial charge in [0.05, 0.1) is 12.7 Å². The Morgan fingerprint density at radius 2 is 2.19 bits per heavy atom. The first kappa shape index (κ1) is 9.70. The summed E-state index contributed by atoms with van der Waals surface area (Å²) < 4.78 is 4.76. The number of ether oxygens (including phenoxy) is 1. The van der Waals surface area contributed by atoms with Crippen LogP contribution in [0.3, 0.4) is 0 Å². The molecule has 3 rings (SSSR count). The molecular weight excluding hydrogens is 202 g/mol. The average molecular weight is 217 g/mol. The molecule has 3 nitrogen and oxygen atoms in total. The van der Waals surface area contributed by atoms with Gasteiger partial charge in [0.25, 0.3) is 0 Å². The maximum absolute atomic E-state index is 11.5. The van der Waals surface area contributed by atoms with Crippen LogP contribution >= 0.6 is 0 Å². The van der Waals surface area contributed by atoms with E-state index < -0.39 is 0 Å². The van der Waals surface area contributed by atoms with Gasteiger partial charge in [-0.2, -0.15) is 0 Å². The molecule has 0 bridgehead atoms. The smallest absolute Gasteiger partial charge is 0.337 e. The third-order valence-electron chi connectivity index (χ3n) is 3.79. The molecule has 0 aromatic heterocycles. The maximum Gasteiger partial charge on any atom is 0.337 e. The zero-order chi connectivity index (χ0) is 11.3. The molecule has 1 fully saturated rings. The van der Waals surface area contributed by atoms with Crippen molar-refractivity contribution in [1.82, 2.24) is 0 Å². The van der Waals surface area contributed by atoms with E-state index in [4.69, 9.17) is 4.74 Å². The Kier molecular flexibility index (Phi) is 1.82. The van der Waals surface area contributed by atoms with Gasteiger partial charge < -0.3 is 9.64 Å². The van der Waals surface area contributed by atoms with Crippen LogP contribution in [0.15, 0.2) is 18.2 Å². The summed E-state index contributed by atoms with van der Waals surface area (Å²) in [7, 11) is 3.54. The van der Waals surface area contributed by atoms with E-state index in [1.54, 1.807) is 0 Å². The highest BCUT2D eigenvalue weighted by molar-refractivity contribution is 5.90. The number of likely N-dealkylation sites (N-methyl/N-ethyl adjacent to an activating group) is 1. The number of hydrogen-bond donors (Lipinski definition) is 0. The first-order valence-electron chi connectivity index (χ1n) is 5.60. The number of esters is 1. The fourth-order valence-electron chi connectivity index (χ4n) is 2.74. The second-order valence-corrected chi connectivity index (χ2v) is 4.86. The van der Waals surface area contributed by atoms with Gasteiger partial charge in [0.2, 0.25) is 0 Å². The normalized spacial score (nSPS) is 19.8. The Labute approximate surface area is 95.0 Å². The molecule has 3 heteroatoms. The standard InChI is InChI=1S/C13H15NO2/c1-14-8-13(5-6-13)10-7-9(12(15)16-2)3-4-11(10)14/h3-4,7H,5-6,8H2,1-2H3. The van der Waals surface area contributed by atoms with E-state index in [1.807, 2.05) is 18.2 Å². The fourth-order valence-corrected chi connectivity index (χ4v) is 2.74. The molecule has 0 radical (unpaired) electrons. The molecule has 2 aliphatic rings. The summed E-state index contributed by atoms with van der Waals surface area (Å²) >= 11 is 0. The average Bonchev–Trinajstić information content (AvgIpc) is 3.02. The van der Waals surface area contributed by atoms with Crippen molar-refractivity contribution in [1.29, 1.82) is 0 Å². The summed E-state index contributed by atoms with van der Waals surface area (Å²) in [5.74, 6) is -0.242. The maximum atomic E-state index is 11.5. The first-order chi connectivity index (χ1) is 7.66. The van der Waals surface area contributed by atoms with Crippen LogP contribution in [-0.4, -0.2) is 26.7 Å². The van der Waals surface area contributed by atoms with Gasteiger partial charge in [-0.15, -0.1) is 0 Å². The quantitative estimate of drug-likeness (QED) is 0.673. The van der Waals surface area contributed by atoms with Crippen LogP contribution in [0.1, 0.15) is 28.8 Å². The van der Waals surface area contributed by atoms with Crippen LogP contribution in [0.25, 0.3) is 0 Å². The highest BCUT2D eigenvalue weighted by atomic mass is 16.5. The molecular formula is C13H15NO2. The van der Waals surface area contributed by atoms with Crippen LogP contribution in [0.2, 0.25) is 0 Å². The lowest BCUT2D eigenvalue weighted by molar-refractivity contribution is 0.0600. The number of nitrogens with zero attached hydrogens (tertiary/aromatic N) is 1. The molecule has 1 spiro atoms. The van der Waals surface area contributed by atoms with E-state index in [-0.39, 0.29) is 5.97 Å². The van der Waals surface area contributed by atoms with Crippen molar-refractivity contribution in [2.24, 2.45) is 0 Å². The SMILES string of the molecule is COC(=O)c1ccc2c(c1)C1(CC1)CN2C. The monoisotopic (exact) mass is 217 g/mol. The summed E-state index contributed by atoms with van der Waals surface area (Å²) in [4.78, 5) is 13.8. The minimum atomic E-state index is -0.242. The third-order valence-corrected chi connectivity index (χ3v) is 3.79. The Morgan fingerprint density at radius 1 is 1.44 bits per heavy atom. The van der Waals surface area contributed by atoms with Gasteiger partial charge in [0.1, 0.15) is 0 Å². The summed E-state index contributed by atoms with van der Waals surface area (Å²) in [5, 5.41) is 0. The van der Waals surface area contributed by atoms with Gasteiger partial charge in [-0.05, 0) is 36.6 Å². The molecule has 0 N–H and O–H groups in total. The van der Waals surface area contributed by atoms with Gasteiger partial charge in [-0.1, -0.05) is 0 Å². The second-order valence-electron chi connectivity index (χ2n) is 4.86. The predicted molar refractivity (Wildman–Crippen MR) is 62.0 cm³/mol. The lowest BCUT2D eigenvalue weighted by Crippen LogP contribution is -2.18. The minimum absolute atomic E-state index is 0.242. The molecule has 16 heavy (non-hydrogen) atoms. The molecule has 1 aliphatic heterocycles. The fraction of sp³-hybridized carbons (Fsp3) is 0.462. The summed E-state index contributed by atoms with van der Waals surface area (Å²) in [6, 6.07) is 5.90. The van der Waals surface area contributed by atoms with Gasteiger partial charge in [-0.3, -0.25) is 0 Å². The van der Waals surface area contributed by atoms with Gasteiger partial charge >= 0.3 is 5.97 Å². The highest BCUT2D eigenvalue weighted by Gasteiger charge is 2.50. The number of fused-ring (bicyclic) bond motifs is 2. The van der Waals surface area contributed by atoms with Crippen molar-refractivity contribution in [3.05, 3.63) is 29.3 Å². The van der Waals surface area contributed by atoms with Gasteiger partial charge in [-0.25, -0.2) is 4.79 Å². The summed E-state index contributed by atoms with van der Waals surface area (Å²) in [6.07, 6.45) is 2.49. The Bertz CT molecular complexity index is 463. The van der Waals surface area contributed by atoms with Crippen molar-refractivity contribution in [3.8, 4) is 0 Å². The summed E-state index contributed by atoms with van der Waals surface area (Å²) in [6.45, 7) is 1.09. The Hall–Kier alpha value is -1.51. The van der Waals surface area contributed by atoms with Crippen LogP contribution in [-0.2, 0) is 10.2 Å². The Morgan fingerprint density at radius 3 is 2.81 bits per heavy atom. The zero-order valence-corrected chi connectivity index (χ0v) is 9.62. The van der Waals surface area contributed by atoms with Crippen LogP contribution < -0.4 is 4.90 Å². The van der Waals surface area contributed by atoms with Crippen molar-refractivity contribution >= 4 is 11.7 Å². The van der Waals surface area contributed by atoms with Crippen molar-refractivity contribution in [3.63, 3.8) is 0 Å². The van der Waals surface area contributed by atoms with E-state index in [9.17, 15) is 4.79 Å². The van der Waals surface area contributed by atoms with E-state index in [1.165, 1.54) is 31.2 Å². The number of carbonyl (C=O) groups excluding carboxylic acids is 1. The largest absolute Gasteiger partial charge is 0.465 e. The zero-order valence-electron chi connectivity index (χ0n) is 9.62. The van der Waals surface area contributed by atoms with Crippen LogP contribution in [0.4, 0.5) is 5.69 Å². The molecule has 1 heterocycles.